The van der Waals surface area contributed by atoms with Crippen molar-refractivity contribution < 1.29 is 4.79 Å². The van der Waals surface area contributed by atoms with Crippen molar-refractivity contribution >= 4 is 11.6 Å². The molecule has 0 aliphatic carbocycles. The molecule has 1 amide bonds. The van der Waals surface area contributed by atoms with Gasteiger partial charge in [0.05, 0.1) is 18.2 Å². The molecule has 0 aliphatic heterocycles. The van der Waals surface area contributed by atoms with Crippen LogP contribution in [0.2, 0.25) is 0 Å². The van der Waals surface area contributed by atoms with Gasteiger partial charge in [-0.25, -0.2) is 4.98 Å². The van der Waals surface area contributed by atoms with Gasteiger partial charge >= 0.3 is 0 Å². The second kappa shape index (κ2) is 4.01. The maximum Gasteiger partial charge on any atom is 0.237 e. The lowest BCUT2D eigenvalue weighted by Gasteiger charge is -2.07. The van der Waals surface area contributed by atoms with Crippen LogP contribution >= 0.6 is 0 Å². The molecule has 2 rings (SSSR count). The fourth-order valence-corrected chi connectivity index (χ4v) is 1.46. The number of aromatic nitrogens is 3. The number of carbonyl (C=O) groups excluding carboxylic acids is 1. The Kier molecular flexibility index (Phi) is 2.55. The van der Waals surface area contributed by atoms with E-state index in [1.165, 1.54) is 6.33 Å². The average Bonchev–Trinajstić information content (AvgIpc) is 2.66. The first-order valence-corrected chi connectivity index (χ1v) is 4.67. The number of imidazole rings is 1. The zero-order valence-electron chi connectivity index (χ0n) is 8.50. The molecule has 16 heavy (non-hydrogen) atoms. The molecule has 2 aromatic rings. The quantitative estimate of drug-likeness (QED) is 0.756. The van der Waals surface area contributed by atoms with Crippen molar-refractivity contribution in [3.8, 4) is 11.3 Å². The Labute approximate surface area is 91.9 Å². The second-order valence-corrected chi connectivity index (χ2v) is 3.34. The van der Waals surface area contributed by atoms with Crippen molar-refractivity contribution in [3.05, 3.63) is 31.0 Å². The number of nitrogens with zero attached hydrogens (tertiary/aromatic N) is 3. The van der Waals surface area contributed by atoms with E-state index in [9.17, 15) is 4.79 Å². The van der Waals surface area contributed by atoms with E-state index >= 15 is 0 Å². The molecule has 82 valence electrons. The highest BCUT2D eigenvalue weighted by atomic mass is 16.1. The zero-order valence-corrected chi connectivity index (χ0v) is 8.50. The SMILES string of the molecule is NC(=O)Cn1cncc1-c1cnccc1N. The molecule has 0 fully saturated rings. The third kappa shape index (κ3) is 1.85. The first-order valence-electron chi connectivity index (χ1n) is 4.67. The highest BCUT2D eigenvalue weighted by molar-refractivity contribution is 5.76. The maximum atomic E-state index is 10.9. The molecular formula is C10H11N5O. The van der Waals surface area contributed by atoms with Crippen molar-refractivity contribution in [1.29, 1.82) is 0 Å². The number of anilines is 1. The van der Waals surface area contributed by atoms with E-state index < -0.39 is 5.91 Å². The third-order valence-electron chi connectivity index (χ3n) is 2.17. The molecule has 4 N–H and O–H groups in total. The van der Waals surface area contributed by atoms with Crippen LogP contribution in [-0.4, -0.2) is 20.4 Å². The lowest BCUT2D eigenvalue weighted by atomic mass is 10.2. The molecule has 0 aliphatic rings. The number of rotatable bonds is 3. The fourth-order valence-electron chi connectivity index (χ4n) is 1.46. The molecule has 0 atom stereocenters. The van der Waals surface area contributed by atoms with Crippen LogP contribution in [0.15, 0.2) is 31.0 Å². The van der Waals surface area contributed by atoms with Gasteiger partial charge in [-0.15, -0.1) is 0 Å². The van der Waals surface area contributed by atoms with Crippen molar-refractivity contribution in [3.63, 3.8) is 0 Å². The van der Waals surface area contributed by atoms with E-state index in [2.05, 4.69) is 9.97 Å². The molecule has 0 bridgehead atoms. The molecule has 2 aromatic heterocycles. The van der Waals surface area contributed by atoms with Gasteiger partial charge in [0.1, 0.15) is 6.54 Å². The van der Waals surface area contributed by atoms with Gasteiger partial charge in [0.25, 0.3) is 0 Å². The largest absolute Gasteiger partial charge is 0.398 e. The van der Waals surface area contributed by atoms with Crippen LogP contribution in [0.5, 0.6) is 0 Å². The van der Waals surface area contributed by atoms with Crippen molar-refractivity contribution in [2.45, 2.75) is 6.54 Å². The Morgan fingerprint density at radius 2 is 2.19 bits per heavy atom. The van der Waals surface area contributed by atoms with E-state index in [4.69, 9.17) is 11.5 Å². The highest BCUT2D eigenvalue weighted by Crippen LogP contribution is 2.23. The van der Waals surface area contributed by atoms with Gasteiger partial charge in [-0.1, -0.05) is 0 Å². The first kappa shape index (κ1) is 10.2. The summed E-state index contributed by atoms with van der Waals surface area (Å²) in [5, 5.41) is 0. The number of carbonyl (C=O) groups is 1. The zero-order chi connectivity index (χ0) is 11.5. The van der Waals surface area contributed by atoms with Gasteiger partial charge in [-0.2, -0.15) is 0 Å². The van der Waals surface area contributed by atoms with Crippen LogP contribution in [0.1, 0.15) is 0 Å². The Bertz CT molecular complexity index is 519. The third-order valence-corrected chi connectivity index (χ3v) is 2.17. The average molecular weight is 217 g/mol. The van der Waals surface area contributed by atoms with Crippen molar-refractivity contribution in [2.75, 3.05) is 5.73 Å². The lowest BCUT2D eigenvalue weighted by molar-refractivity contribution is -0.118. The molecule has 0 saturated heterocycles. The molecule has 0 radical (unpaired) electrons. The van der Waals surface area contributed by atoms with Crippen LogP contribution in [0.25, 0.3) is 11.3 Å². The number of nitrogens with two attached hydrogens (primary N) is 2. The van der Waals surface area contributed by atoms with Gasteiger partial charge in [-0.05, 0) is 6.07 Å². The Morgan fingerprint density at radius 1 is 1.38 bits per heavy atom. The first-order chi connectivity index (χ1) is 7.68. The monoisotopic (exact) mass is 217 g/mol. The predicted molar refractivity (Wildman–Crippen MR) is 59.1 cm³/mol. The number of pyridine rings is 1. The summed E-state index contributed by atoms with van der Waals surface area (Å²) in [6, 6.07) is 1.69. The standard InChI is InChI=1S/C10H11N5O/c11-8-1-2-13-3-7(8)9-4-14-6-15(9)5-10(12)16/h1-4,6H,5H2,(H2,11,13)(H2,12,16). The minimum atomic E-state index is -0.429. The Hall–Kier alpha value is -2.37. The molecule has 0 aromatic carbocycles. The topological polar surface area (TPSA) is 99.8 Å². The summed E-state index contributed by atoms with van der Waals surface area (Å²) in [7, 11) is 0. The molecule has 0 unspecified atom stereocenters. The van der Waals surface area contributed by atoms with Gasteiger partial charge in [0.15, 0.2) is 0 Å². The van der Waals surface area contributed by atoms with Crippen LogP contribution in [0, 0.1) is 0 Å². The summed E-state index contributed by atoms with van der Waals surface area (Å²) in [5.41, 5.74) is 13.0. The predicted octanol–water partition coefficient (Wildman–Crippen LogP) is 0.0126. The minimum Gasteiger partial charge on any atom is -0.398 e. The van der Waals surface area contributed by atoms with Crippen molar-refractivity contribution in [2.24, 2.45) is 5.73 Å². The molecule has 0 saturated carbocycles. The summed E-state index contributed by atoms with van der Waals surface area (Å²) < 4.78 is 1.63. The number of amides is 1. The van der Waals surface area contributed by atoms with Crippen molar-refractivity contribution in [1.82, 2.24) is 14.5 Å². The van der Waals surface area contributed by atoms with Gasteiger partial charge < -0.3 is 16.0 Å². The Morgan fingerprint density at radius 3 is 2.88 bits per heavy atom. The van der Waals surface area contributed by atoms with Crippen LogP contribution in [0.4, 0.5) is 5.69 Å². The van der Waals surface area contributed by atoms with Crippen LogP contribution in [-0.2, 0) is 11.3 Å². The lowest BCUT2D eigenvalue weighted by Crippen LogP contribution is -2.18. The summed E-state index contributed by atoms with van der Waals surface area (Å²) in [5.74, 6) is -0.429. The number of nitrogen functional groups attached to an aromatic ring is 1. The van der Waals surface area contributed by atoms with E-state index in [1.807, 2.05) is 0 Å². The Balaban J connectivity index is 2.45. The van der Waals surface area contributed by atoms with Crippen LogP contribution in [0.3, 0.4) is 0 Å². The molecule has 6 nitrogen and oxygen atoms in total. The number of hydrogen-bond donors (Lipinski definition) is 2. The summed E-state index contributed by atoms with van der Waals surface area (Å²) >= 11 is 0. The van der Waals surface area contributed by atoms with Crippen LogP contribution < -0.4 is 11.5 Å². The molecule has 0 spiro atoms. The second-order valence-electron chi connectivity index (χ2n) is 3.34. The van der Waals surface area contributed by atoms with Gasteiger partial charge in [-0.3, -0.25) is 9.78 Å². The number of primary amides is 1. The van der Waals surface area contributed by atoms with Gasteiger partial charge in [0.2, 0.25) is 5.91 Å². The summed E-state index contributed by atoms with van der Waals surface area (Å²) in [6.07, 6.45) is 6.39. The van der Waals surface area contributed by atoms with E-state index in [1.54, 1.807) is 29.2 Å². The molecular weight excluding hydrogens is 206 g/mol. The van der Waals surface area contributed by atoms with Gasteiger partial charge in [0, 0.05) is 23.6 Å². The van der Waals surface area contributed by atoms with E-state index in [-0.39, 0.29) is 6.54 Å². The minimum absolute atomic E-state index is 0.0731. The van der Waals surface area contributed by atoms with E-state index in [0.29, 0.717) is 5.69 Å². The normalized spacial score (nSPS) is 10.2. The van der Waals surface area contributed by atoms with E-state index in [0.717, 1.165) is 11.3 Å². The summed E-state index contributed by atoms with van der Waals surface area (Å²) in [4.78, 5) is 18.8. The smallest absolute Gasteiger partial charge is 0.237 e. The summed E-state index contributed by atoms with van der Waals surface area (Å²) in [6.45, 7) is 0.0731. The molecule has 6 heteroatoms. The highest BCUT2D eigenvalue weighted by Gasteiger charge is 2.09. The molecule has 2 heterocycles. The maximum absolute atomic E-state index is 10.9. The fraction of sp³-hybridized carbons (Fsp3) is 0.100. The number of hydrogen-bond acceptors (Lipinski definition) is 4.